The van der Waals surface area contributed by atoms with E-state index in [1.165, 1.54) is 6.42 Å². The zero-order valence-electron chi connectivity index (χ0n) is 6.69. The molecule has 0 aliphatic rings. The van der Waals surface area contributed by atoms with Crippen LogP contribution in [0.4, 0.5) is 0 Å². The summed E-state index contributed by atoms with van der Waals surface area (Å²) in [6.45, 7) is 12.2. The van der Waals surface area contributed by atoms with Crippen LogP contribution in [0.15, 0.2) is 0 Å². The van der Waals surface area contributed by atoms with Gasteiger partial charge < -0.3 is 0 Å². The van der Waals surface area contributed by atoms with Gasteiger partial charge >= 0.3 is 0 Å². The molecular weight excluding hydrogens is 108 g/mol. The molecule has 0 nitrogen and oxygen atoms in total. The van der Waals surface area contributed by atoms with Gasteiger partial charge in [-0.1, -0.05) is 40.5 Å². The van der Waals surface area contributed by atoms with Crippen LogP contribution in [-0.2, 0) is 0 Å². The Morgan fingerprint density at radius 2 is 1.33 bits per heavy atom. The topological polar surface area (TPSA) is 0 Å². The summed E-state index contributed by atoms with van der Waals surface area (Å²) in [5, 5.41) is 0. The molecule has 0 heterocycles. The van der Waals surface area contributed by atoms with Crippen LogP contribution in [0.3, 0.4) is 0 Å². The van der Waals surface area contributed by atoms with Gasteiger partial charge in [0.15, 0.2) is 0 Å². The van der Waals surface area contributed by atoms with Gasteiger partial charge in [-0.25, -0.2) is 0 Å². The smallest absolute Gasteiger partial charge is 0.0440 e. The number of hydrogen-bond donors (Lipinski definition) is 0. The normalized spacial score (nSPS) is 17.3. The van der Waals surface area contributed by atoms with Crippen LogP contribution >= 0.6 is 0 Å². The number of rotatable bonds is 4. The molecule has 9 heavy (non-hydrogen) atoms. The van der Waals surface area contributed by atoms with E-state index in [2.05, 4.69) is 27.7 Å². The predicted molar refractivity (Wildman–Crippen MR) is 42.9 cm³/mol. The van der Waals surface area contributed by atoms with E-state index in [-0.39, 0.29) is 0 Å². The summed E-state index contributed by atoms with van der Waals surface area (Å²) in [5.41, 5.74) is 0. The van der Waals surface area contributed by atoms with Crippen LogP contribution in [0.1, 0.15) is 33.1 Å². The van der Waals surface area contributed by atoms with Crippen molar-refractivity contribution in [2.24, 2.45) is 11.8 Å². The van der Waals surface area contributed by atoms with Crippen molar-refractivity contribution >= 4 is 0 Å². The summed E-state index contributed by atoms with van der Waals surface area (Å²) in [4.78, 5) is 0. The maximum atomic E-state index is 3.85. The maximum Gasteiger partial charge on any atom is -0.0440 e. The van der Waals surface area contributed by atoms with Crippen molar-refractivity contribution in [2.75, 3.05) is 0 Å². The van der Waals surface area contributed by atoms with Crippen molar-refractivity contribution in [1.82, 2.24) is 0 Å². The summed E-state index contributed by atoms with van der Waals surface area (Å²) in [5.74, 6) is 1.56. The Hall–Kier alpha value is 0. The molecule has 54 valence electrons. The molecule has 2 atom stereocenters. The van der Waals surface area contributed by atoms with E-state index >= 15 is 0 Å². The van der Waals surface area contributed by atoms with Gasteiger partial charge in [-0.3, -0.25) is 0 Å². The molecule has 2 radical (unpaired) electrons. The van der Waals surface area contributed by atoms with Crippen molar-refractivity contribution in [3.63, 3.8) is 0 Å². The van der Waals surface area contributed by atoms with Gasteiger partial charge in [-0.05, 0) is 18.3 Å². The van der Waals surface area contributed by atoms with Gasteiger partial charge in [0.1, 0.15) is 0 Å². The standard InChI is InChI=1S/C9H18/c1-5-8(3)7-9(4)6-2/h8-9H,1-2,5-7H2,3-4H3. The lowest BCUT2D eigenvalue weighted by Crippen LogP contribution is -2.00. The van der Waals surface area contributed by atoms with E-state index in [1.807, 2.05) is 0 Å². The molecular formula is C9H18. The fraction of sp³-hybridized carbons (Fsp3) is 0.778. The Kier molecular flexibility index (Phi) is 4.84. The summed E-state index contributed by atoms with van der Waals surface area (Å²) < 4.78 is 0. The average Bonchev–Trinajstić information content (AvgIpc) is 1.87. The zero-order valence-corrected chi connectivity index (χ0v) is 6.69. The summed E-state index contributed by atoms with van der Waals surface area (Å²) >= 11 is 0. The molecule has 0 fully saturated rings. The minimum atomic E-state index is 0.779. The van der Waals surface area contributed by atoms with Gasteiger partial charge in [0.2, 0.25) is 0 Å². The van der Waals surface area contributed by atoms with Gasteiger partial charge in [-0.15, -0.1) is 0 Å². The van der Waals surface area contributed by atoms with Crippen molar-refractivity contribution in [2.45, 2.75) is 33.1 Å². The van der Waals surface area contributed by atoms with Gasteiger partial charge in [0.25, 0.3) is 0 Å². The van der Waals surface area contributed by atoms with Crippen LogP contribution in [0.5, 0.6) is 0 Å². The Morgan fingerprint density at radius 1 is 1.00 bits per heavy atom. The lowest BCUT2D eigenvalue weighted by molar-refractivity contribution is 0.418. The van der Waals surface area contributed by atoms with Crippen molar-refractivity contribution in [3.05, 3.63) is 13.8 Å². The third-order valence-corrected chi connectivity index (χ3v) is 1.79. The van der Waals surface area contributed by atoms with Crippen LogP contribution in [0.25, 0.3) is 0 Å². The second kappa shape index (κ2) is 4.84. The molecule has 0 aliphatic heterocycles. The van der Waals surface area contributed by atoms with Crippen LogP contribution in [0.2, 0.25) is 0 Å². The summed E-state index contributed by atoms with van der Waals surface area (Å²) in [7, 11) is 0. The highest BCUT2D eigenvalue weighted by molar-refractivity contribution is 4.60. The molecule has 0 aliphatic carbocycles. The molecule has 0 aromatic rings. The second-order valence-electron chi connectivity index (χ2n) is 3.02. The SMILES string of the molecule is [CH2]CC(C)CC(C)C[CH2]. The zero-order chi connectivity index (χ0) is 7.28. The Bertz CT molecular complexity index is 49.1. The average molecular weight is 126 g/mol. The first-order valence-corrected chi connectivity index (χ1v) is 3.79. The number of hydrogen-bond acceptors (Lipinski definition) is 0. The van der Waals surface area contributed by atoms with Crippen molar-refractivity contribution in [1.29, 1.82) is 0 Å². The van der Waals surface area contributed by atoms with Crippen molar-refractivity contribution in [3.8, 4) is 0 Å². The molecule has 0 aromatic heterocycles. The maximum absolute atomic E-state index is 3.85. The fourth-order valence-corrected chi connectivity index (χ4v) is 0.923. The highest BCUT2D eigenvalue weighted by atomic mass is 14.1. The van der Waals surface area contributed by atoms with Crippen LogP contribution < -0.4 is 0 Å². The molecule has 0 saturated carbocycles. The predicted octanol–water partition coefficient (Wildman–Crippen LogP) is 3.10. The highest BCUT2D eigenvalue weighted by Gasteiger charge is 2.03. The van der Waals surface area contributed by atoms with Crippen molar-refractivity contribution < 1.29 is 0 Å². The van der Waals surface area contributed by atoms with Gasteiger partial charge in [-0.2, -0.15) is 0 Å². The molecule has 0 N–H and O–H groups in total. The van der Waals surface area contributed by atoms with E-state index in [1.54, 1.807) is 0 Å². The quantitative estimate of drug-likeness (QED) is 0.543. The third-order valence-electron chi connectivity index (χ3n) is 1.79. The summed E-state index contributed by atoms with van der Waals surface area (Å²) in [6.07, 6.45) is 3.40. The third kappa shape index (κ3) is 4.50. The largest absolute Gasteiger partial charge is 0.0625 e. The molecule has 0 amide bonds. The van der Waals surface area contributed by atoms with E-state index in [9.17, 15) is 0 Å². The van der Waals surface area contributed by atoms with Crippen LogP contribution in [-0.4, -0.2) is 0 Å². The van der Waals surface area contributed by atoms with E-state index in [0.29, 0.717) is 0 Å². The molecule has 0 rings (SSSR count). The molecule has 0 spiro atoms. The van der Waals surface area contributed by atoms with Crippen LogP contribution in [0, 0.1) is 25.7 Å². The Morgan fingerprint density at radius 3 is 1.56 bits per heavy atom. The molecule has 0 bridgehead atoms. The molecule has 2 unspecified atom stereocenters. The Balaban J connectivity index is 3.22. The monoisotopic (exact) mass is 126 g/mol. The second-order valence-corrected chi connectivity index (χ2v) is 3.02. The summed E-state index contributed by atoms with van der Waals surface area (Å²) in [6, 6.07) is 0. The fourth-order valence-electron chi connectivity index (χ4n) is 0.923. The van der Waals surface area contributed by atoms with E-state index < -0.39 is 0 Å². The first-order chi connectivity index (χ1) is 4.20. The Labute approximate surface area is 59.7 Å². The lowest BCUT2D eigenvalue weighted by Gasteiger charge is -2.12. The van der Waals surface area contributed by atoms with E-state index in [0.717, 1.165) is 24.7 Å². The minimum absolute atomic E-state index is 0.779. The van der Waals surface area contributed by atoms with Gasteiger partial charge in [0, 0.05) is 0 Å². The minimum Gasteiger partial charge on any atom is -0.0625 e. The lowest BCUT2D eigenvalue weighted by atomic mass is 9.94. The molecule has 0 aromatic carbocycles. The van der Waals surface area contributed by atoms with Gasteiger partial charge in [0.05, 0.1) is 0 Å². The highest BCUT2D eigenvalue weighted by Crippen LogP contribution is 2.16. The molecule has 0 heteroatoms. The van der Waals surface area contributed by atoms with E-state index in [4.69, 9.17) is 0 Å². The first kappa shape index (κ1) is 9.00. The molecule has 0 saturated heterocycles. The first-order valence-electron chi connectivity index (χ1n) is 3.79.